The first-order valence-corrected chi connectivity index (χ1v) is 11.2. The van der Waals surface area contributed by atoms with Gasteiger partial charge in [-0.15, -0.1) is 6.58 Å². The van der Waals surface area contributed by atoms with Crippen LogP contribution in [0.5, 0.6) is 0 Å². The van der Waals surface area contributed by atoms with Crippen LogP contribution < -0.4 is 0 Å². The fourth-order valence-electron chi connectivity index (χ4n) is 2.40. The normalized spacial score (nSPS) is 21.2. The van der Waals surface area contributed by atoms with Crippen molar-refractivity contribution in [1.29, 1.82) is 0 Å². The molecule has 0 aromatic rings. The summed E-state index contributed by atoms with van der Waals surface area (Å²) in [5, 5.41) is 0. The lowest BCUT2D eigenvalue weighted by Crippen LogP contribution is -2.64. The standard InChI is InChI=1S/C11H25NO2Si2/c1-6-13-16(14-7-2)11-9-10-12(16)15(4,5)8-3/h8H,3,6-7,9-11H2,1-2,4-5H3. The van der Waals surface area contributed by atoms with E-state index >= 15 is 0 Å². The molecule has 1 saturated heterocycles. The SMILES string of the molecule is C=C[Si](C)(C)N1CCC[Si]1(OCC)OCC. The summed E-state index contributed by atoms with van der Waals surface area (Å²) < 4.78 is 14.7. The molecule has 0 amide bonds. The van der Waals surface area contributed by atoms with Crippen molar-refractivity contribution in [2.45, 2.75) is 39.4 Å². The molecule has 16 heavy (non-hydrogen) atoms. The zero-order valence-electron chi connectivity index (χ0n) is 11.1. The van der Waals surface area contributed by atoms with Gasteiger partial charge >= 0.3 is 8.72 Å². The lowest BCUT2D eigenvalue weighted by atomic mass is 10.5. The molecule has 0 saturated carbocycles. The van der Waals surface area contributed by atoms with Crippen molar-refractivity contribution in [3.8, 4) is 0 Å². The molecular weight excluding hydrogens is 234 g/mol. The van der Waals surface area contributed by atoms with Crippen molar-refractivity contribution in [2.75, 3.05) is 19.8 Å². The number of hydrogen-bond donors (Lipinski definition) is 0. The van der Waals surface area contributed by atoms with Gasteiger partial charge in [0.1, 0.15) is 8.24 Å². The van der Waals surface area contributed by atoms with E-state index in [1.165, 1.54) is 6.42 Å². The first-order chi connectivity index (χ1) is 7.52. The third-order valence-corrected chi connectivity index (χ3v) is 12.1. The van der Waals surface area contributed by atoms with Gasteiger partial charge in [0.15, 0.2) is 0 Å². The van der Waals surface area contributed by atoms with Crippen molar-refractivity contribution in [3.63, 3.8) is 0 Å². The predicted molar refractivity (Wildman–Crippen MR) is 72.8 cm³/mol. The van der Waals surface area contributed by atoms with Crippen molar-refractivity contribution in [3.05, 3.63) is 12.3 Å². The molecule has 0 spiro atoms. The van der Waals surface area contributed by atoms with E-state index in [1.807, 2.05) is 0 Å². The summed E-state index contributed by atoms with van der Waals surface area (Å²) in [5.74, 6) is 0. The Hall–Kier alpha value is 0.0538. The molecule has 0 unspecified atom stereocenters. The van der Waals surface area contributed by atoms with Gasteiger partial charge in [0, 0.05) is 19.3 Å². The van der Waals surface area contributed by atoms with Crippen LogP contribution in [0.4, 0.5) is 0 Å². The first-order valence-electron chi connectivity index (χ1n) is 6.21. The maximum absolute atomic E-state index is 6.06. The Bertz CT molecular complexity index is 240. The van der Waals surface area contributed by atoms with Crippen molar-refractivity contribution in [2.24, 2.45) is 0 Å². The van der Waals surface area contributed by atoms with E-state index < -0.39 is 17.0 Å². The van der Waals surface area contributed by atoms with Gasteiger partial charge in [-0.25, -0.2) is 0 Å². The van der Waals surface area contributed by atoms with E-state index in [1.54, 1.807) is 0 Å². The fraction of sp³-hybridized carbons (Fsp3) is 0.818. The summed E-state index contributed by atoms with van der Waals surface area (Å²) in [6, 6.07) is 1.11. The van der Waals surface area contributed by atoms with Gasteiger partial charge in [-0.2, -0.15) is 0 Å². The number of nitrogens with zero attached hydrogens (tertiary/aromatic N) is 1. The smallest absolute Gasteiger partial charge is 0.383 e. The van der Waals surface area contributed by atoms with E-state index in [9.17, 15) is 0 Å². The Morgan fingerprint density at radius 3 is 2.31 bits per heavy atom. The van der Waals surface area contributed by atoms with Crippen LogP contribution in [0.1, 0.15) is 20.3 Å². The second-order valence-electron chi connectivity index (χ2n) is 4.69. The highest BCUT2D eigenvalue weighted by atomic mass is 28.4. The second kappa shape index (κ2) is 5.59. The fourth-order valence-corrected chi connectivity index (χ4v) is 10.8. The molecule has 0 aromatic carbocycles. The molecule has 1 heterocycles. The Kier molecular flexibility index (Phi) is 4.94. The Balaban J connectivity index is 2.92. The predicted octanol–water partition coefficient (Wildman–Crippen LogP) is 2.63. The molecule has 3 nitrogen and oxygen atoms in total. The average Bonchev–Trinajstić information content (AvgIpc) is 2.64. The highest BCUT2D eigenvalue weighted by Gasteiger charge is 2.53. The quantitative estimate of drug-likeness (QED) is 0.685. The molecule has 1 aliphatic heterocycles. The van der Waals surface area contributed by atoms with Gasteiger partial charge in [-0.3, -0.25) is 4.23 Å². The molecule has 1 fully saturated rings. The summed E-state index contributed by atoms with van der Waals surface area (Å²) >= 11 is 0. The van der Waals surface area contributed by atoms with Gasteiger partial charge < -0.3 is 8.85 Å². The van der Waals surface area contributed by atoms with Crippen LogP contribution >= 0.6 is 0 Å². The van der Waals surface area contributed by atoms with E-state index in [4.69, 9.17) is 8.85 Å². The zero-order chi connectivity index (χ0) is 12.2. The van der Waals surface area contributed by atoms with E-state index in [-0.39, 0.29) is 0 Å². The minimum atomic E-state index is -2.09. The topological polar surface area (TPSA) is 21.7 Å². The van der Waals surface area contributed by atoms with E-state index in [0.717, 1.165) is 25.8 Å². The molecule has 0 aliphatic carbocycles. The maximum atomic E-state index is 6.06. The van der Waals surface area contributed by atoms with Crippen molar-refractivity contribution >= 4 is 17.0 Å². The van der Waals surface area contributed by atoms with Gasteiger partial charge in [-0.1, -0.05) is 18.8 Å². The summed E-state index contributed by atoms with van der Waals surface area (Å²) in [6.07, 6.45) is 1.20. The maximum Gasteiger partial charge on any atom is 0.421 e. The summed E-state index contributed by atoms with van der Waals surface area (Å²) in [4.78, 5) is 0. The zero-order valence-corrected chi connectivity index (χ0v) is 13.1. The lowest BCUT2D eigenvalue weighted by Gasteiger charge is -2.41. The molecule has 5 heteroatoms. The second-order valence-corrected chi connectivity index (χ2v) is 12.4. The van der Waals surface area contributed by atoms with Crippen LogP contribution in [0.15, 0.2) is 12.3 Å². The van der Waals surface area contributed by atoms with Crippen molar-refractivity contribution in [1.82, 2.24) is 4.23 Å². The van der Waals surface area contributed by atoms with Crippen LogP contribution in [0.2, 0.25) is 19.1 Å². The number of hydrogen-bond acceptors (Lipinski definition) is 3. The van der Waals surface area contributed by atoms with Crippen LogP contribution in [-0.2, 0) is 8.85 Å². The largest absolute Gasteiger partial charge is 0.421 e. The number of rotatable bonds is 6. The molecule has 0 atom stereocenters. The highest BCUT2D eigenvalue weighted by molar-refractivity contribution is 6.90. The first kappa shape index (κ1) is 14.1. The minimum Gasteiger partial charge on any atom is -0.383 e. The summed E-state index contributed by atoms with van der Waals surface area (Å²) in [7, 11) is -3.64. The molecule has 0 bridgehead atoms. The Morgan fingerprint density at radius 2 is 1.88 bits per heavy atom. The molecular formula is C11H25NO2Si2. The monoisotopic (exact) mass is 259 g/mol. The van der Waals surface area contributed by atoms with Gasteiger partial charge in [0.25, 0.3) is 0 Å². The highest BCUT2D eigenvalue weighted by Crippen LogP contribution is 2.33. The lowest BCUT2D eigenvalue weighted by molar-refractivity contribution is 0.158. The van der Waals surface area contributed by atoms with E-state index in [2.05, 4.69) is 43.5 Å². The molecule has 94 valence electrons. The molecule has 0 radical (unpaired) electrons. The Morgan fingerprint density at radius 1 is 1.31 bits per heavy atom. The minimum absolute atomic E-state index is 0.754. The molecule has 0 aromatic heterocycles. The Labute approximate surface area is 102 Å². The van der Waals surface area contributed by atoms with Crippen LogP contribution in [0, 0.1) is 0 Å². The van der Waals surface area contributed by atoms with Crippen molar-refractivity contribution < 1.29 is 8.85 Å². The summed E-state index contributed by atoms with van der Waals surface area (Å²) in [6.45, 7) is 15.4. The summed E-state index contributed by atoms with van der Waals surface area (Å²) in [5.41, 5.74) is 2.14. The molecule has 0 N–H and O–H groups in total. The van der Waals surface area contributed by atoms with Gasteiger partial charge in [0.2, 0.25) is 0 Å². The van der Waals surface area contributed by atoms with Crippen LogP contribution in [-0.4, -0.2) is 40.9 Å². The average molecular weight is 259 g/mol. The third-order valence-electron chi connectivity index (χ3n) is 3.22. The molecule has 1 aliphatic rings. The van der Waals surface area contributed by atoms with Crippen LogP contribution in [0.3, 0.4) is 0 Å². The van der Waals surface area contributed by atoms with Gasteiger partial charge in [-0.05, 0) is 26.8 Å². The van der Waals surface area contributed by atoms with E-state index in [0.29, 0.717) is 0 Å². The molecule has 1 rings (SSSR count). The third kappa shape index (κ3) is 2.65. The van der Waals surface area contributed by atoms with Crippen LogP contribution in [0.25, 0.3) is 0 Å². The van der Waals surface area contributed by atoms with Gasteiger partial charge in [0.05, 0.1) is 0 Å².